The van der Waals surface area contributed by atoms with Gasteiger partial charge in [0.15, 0.2) is 0 Å². The van der Waals surface area contributed by atoms with Gasteiger partial charge in [-0.3, -0.25) is 10.1 Å². The van der Waals surface area contributed by atoms with E-state index in [1.807, 2.05) is 0 Å². The summed E-state index contributed by atoms with van der Waals surface area (Å²) in [5.41, 5.74) is 0. The van der Waals surface area contributed by atoms with Gasteiger partial charge in [-0.05, 0) is 0 Å². The molecule has 6 nitrogen and oxygen atoms in total. The second kappa shape index (κ2) is 3.36. The second-order valence-corrected chi connectivity index (χ2v) is 2.77. The molecule has 0 aromatic rings. The van der Waals surface area contributed by atoms with Crippen LogP contribution in [0.3, 0.4) is 0 Å². The number of β-amino-alcohol motifs (C(OH)–C–C–N with tert-alkyl or cyclic N) is 1. The lowest BCUT2D eigenvalue weighted by molar-refractivity contribution is -0.152. The maximum absolute atomic E-state index is 10.4. The summed E-state index contributed by atoms with van der Waals surface area (Å²) in [6, 6.07) is -1.21. The van der Waals surface area contributed by atoms with E-state index in [0.717, 1.165) is 0 Å². The first-order valence-corrected chi connectivity index (χ1v) is 3.54. The number of aliphatic carboxylic acids is 1. The Balaban J connectivity index is 2.65. The third kappa shape index (κ3) is 1.56. The zero-order chi connectivity index (χ0) is 9.30. The van der Waals surface area contributed by atoms with Crippen LogP contribution in [0.5, 0.6) is 0 Å². The molecule has 0 bridgehead atoms. The molecule has 1 heterocycles. The van der Waals surface area contributed by atoms with Gasteiger partial charge in [0.25, 0.3) is 0 Å². The molecule has 1 saturated heterocycles. The molecule has 0 unspecified atom stereocenters. The second-order valence-electron chi connectivity index (χ2n) is 2.77. The van der Waals surface area contributed by atoms with Crippen molar-refractivity contribution in [3.8, 4) is 0 Å². The van der Waals surface area contributed by atoms with E-state index in [1.165, 1.54) is 0 Å². The molecule has 4 atom stereocenters. The van der Waals surface area contributed by atoms with Gasteiger partial charge in [0, 0.05) is 6.54 Å². The summed E-state index contributed by atoms with van der Waals surface area (Å²) in [4.78, 5) is 10.4. The Hall–Kier alpha value is -0.690. The Labute approximate surface area is 68.4 Å². The van der Waals surface area contributed by atoms with Gasteiger partial charge >= 0.3 is 5.97 Å². The number of hydrogen-bond acceptors (Lipinski definition) is 5. The van der Waals surface area contributed by atoms with E-state index in [1.54, 1.807) is 0 Å². The largest absolute Gasteiger partial charge is 0.480 e. The number of nitrogens with one attached hydrogen (secondary N) is 1. The quantitative estimate of drug-likeness (QED) is 0.294. The first-order valence-electron chi connectivity index (χ1n) is 3.54. The molecule has 0 aromatic carbocycles. The highest BCUT2D eigenvalue weighted by Gasteiger charge is 2.39. The molecule has 0 radical (unpaired) electrons. The minimum Gasteiger partial charge on any atom is -0.480 e. The maximum atomic E-state index is 10.4. The smallest absolute Gasteiger partial charge is 0.323 e. The van der Waals surface area contributed by atoms with Gasteiger partial charge in [-0.25, -0.2) is 0 Å². The van der Waals surface area contributed by atoms with Gasteiger partial charge in [-0.2, -0.15) is 0 Å². The van der Waals surface area contributed by atoms with Crippen LogP contribution < -0.4 is 5.32 Å². The number of carboxylic acid groups (broad SMARTS) is 1. The van der Waals surface area contributed by atoms with E-state index in [4.69, 9.17) is 20.4 Å². The van der Waals surface area contributed by atoms with Crippen molar-refractivity contribution >= 4 is 5.97 Å². The van der Waals surface area contributed by atoms with Gasteiger partial charge in [0.1, 0.15) is 18.2 Å². The van der Waals surface area contributed by atoms with Gasteiger partial charge in [0.05, 0.1) is 6.10 Å². The van der Waals surface area contributed by atoms with Gasteiger partial charge < -0.3 is 20.4 Å². The summed E-state index contributed by atoms with van der Waals surface area (Å²) in [5.74, 6) is -1.24. The van der Waals surface area contributed by atoms with Crippen LogP contribution in [0, 0.1) is 0 Å². The van der Waals surface area contributed by atoms with Crippen LogP contribution >= 0.6 is 0 Å². The third-order valence-corrected chi connectivity index (χ3v) is 1.90. The summed E-state index contributed by atoms with van der Waals surface area (Å²) >= 11 is 0. The normalized spacial score (nSPS) is 42.6. The van der Waals surface area contributed by atoms with Gasteiger partial charge in [-0.15, -0.1) is 0 Å². The number of carbonyl (C=O) groups is 1. The number of piperidine rings is 1. The fraction of sp³-hybridized carbons (Fsp3) is 0.833. The summed E-state index contributed by atoms with van der Waals surface area (Å²) in [6.07, 6.45) is -3.98. The lowest BCUT2D eigenvalue weighted by Gasteiger charge is -2.33. The van der Waals surface area contributed by atoms with Crippen LogP contribution in [0.1, 0.15) is 0 Å². The van der Waals surface area contributed by atoms with Crippen LogP contribution in [0.25, 0.3) is 0 Å². The van der Waals surface area contributed by atoms with E-state index < -0.39 is 30.3 Å². The minimum absolute atomic E-state index is 0.0325. The molecule has 12 heavy (non-hydrogen) atoms. The zero-order valence-electron chi connectivity index (χ0n) is 6.21. The van der Waals surface area contributed by atoms with Crippen LogP contribution in [0.4, 0.5) is 0 Å². The lowest BCUT2D eigenvalue weighted by atomic mass is 9.96. The number of rotatable bonds is 1. The molecule has 1 fully saturated rings. The fourth-order valence-corrected chi connectivity index (χ4v) is 1.15. The molecule has 1 aliphatic heterocycles. The van der Waals surface area contributed by atoms with E-state index in [9.17, 15) is 4.79 Å². The number of aliphatic hydroxyl groups is 3. The topological polar surface area (TPSA) is 110 Å². The Morgan fingerprint density at radius 1 is 1.25 bits per heavy atom. The Morgan fingerprint density at radius 2 is 1.83 bits per heavy atom. The number of aliphatic hydroxyl groups excluding tert-OH is 3. The van der Waals surface area contributed by atoms with Crippen molar-refractivity contribution in [3.63, 3.8) is 0 Å². The molecule has 0 spiro atoms. The van der Waals surface area contributed by atoms with Crippen LogP contribution in [-0.2, 0) is 4.79 Å². The van der Waals surface area contributed by atoms with Crippen LogP contribution in [0.2, 0.25) is 0 Å². The van der Waals surface area contributed by atoms with Gasteiger partial charge in [-0.1, -0.05) is 0 Å². The van der Waals surface area contributed by atoms with Crippen molar-refractivity contribution in [2.45, 2.75) is 24.4 Å². The number of carboxylic acids is 1. The zero-order valence-corrected chi connectivity index (χ0v) is 6.21. The van der Waals surface area contributed by atoms with Crippen molar-refractivity contribution in [2.75, 3.05) is 6.54 Å². The molecule has 1 aliphatic rings. The molecule has 70 valence electrons. The highest BCUT2D eigenvalue weighted by Crippen LogP contribution is 2.10. The number of hydrogen-bond donors (Lipinski definition) is 5. The standard InChI is InChI=1S/C6H11NO5/c8-2-1-7-3(6(11)12)5(10)4(2)9/h2-5,7-10H,1H2,(H,11,12)/t2-,3-,4+,5+/m0/s1. The Morgan fingerprint density at radius 3 is 2.33 bits per heavy atom. The maximum Gasteiger partial charge on any atom is 0.323 e. The summed E-state index contributed by atoms with van der Waals surface area (Å²) in [5, 5.41) is 38.1. The first kappa shape index (κ1) is 9.40. The van der Waals surface area contributed by atoms with Crippen molar-refractivity contribution in [3.05, 3.63) is 0 Å². The summed E-state index contributed by atoms with van der Waals surface area (Å²) < 4.78 is 0. The monoisotopic (exact) mass is 177 g/mol. The highest BCUT2D eigenvalue weighted by atomic mass is 16.4. The van der Waals surface area contributed by atoms with Crippen LogP contribution in [-0.4, -0.2) is 57.3 Å². The molecule has 5 N–H and O–H groups in total. The Bertz CT molecular complexity index is 185. The third-order valence-electron chi connectivity index (χ3n) is 1.90. The molecular formula is C6H11NO5. The molecule has 1 rings (SSSR count). The molecule has 0 saturated carbocycles. The first-order chi connectivity index (χ1) is 5.54. The van der Waals surface area contributed by atoms with Crippen molar-refractivity contribution in [1.82, 2.24) is 5.32 Å². The van der Waals surface area contributed by atoms with Crippen molar-refractivity contribution in [1.29, 1.82) is 0 Å². The van der Waals surface area contributed by atoms with Crippen LogP contribution in [0.15, 0.2) is 0 Å². The van der Waals surface area contributed by atoms with Crippen molar-refractivity contribution in [2.24, 2.45) is 0 Å². The van der Waals surface area contributed by atoms with E-state index in [-0.39, 0.29) is 6.54 Å². The van der Waals surface area contributed by atoms with E-state index in [2.05, 4.69) is 5.32 Å². The average molecular weight is 177 g/mol. The minimum atomic E-state index is -1.47. The van der Waals surface area contributed by atoms with Gasteiger partial charge in [0.2, 0.25) is 0 Å². The molecule has 0 amide bonds. The Kier molecular flexibility index (Phi) is 2.63. The SMILES string of the molecule is O=C(O)[C@H]1NC[C@H](O)[C@@H](O)[C@@H]1O. The predicted octanol–water partition coefficient (Wildman–Crippen LogP) is -2.87. The average Bonchev–Trinajstić information content (AvgIpc) is 2.00. The molecule has 0 aliphatic carbocycles. The van der Waals surface area contributed by atoms with Crippen molar-refractivity contribution < 1.29 is 25.2 Å². The molecular weight excluding hydrogens is 166 g/mol. The lowest BCUT2D eigenvalue weighted by Crippen LogP contribution is -2.62. The van der Waals surface area contributed by atoms with E-state index in [0.29, 0.717) is 0 Å². The predicted molar refractivity (Wildman–Crippen MR) is 37.4 cm³/mol. The summed E-state index contributed by atoms with van der Waals surface area (Å²) in [7, 11) is 0. The molecule has 0 aromatic heterocycles. The highest BCUT2D eigenvalue weighted by molar-refractivity contribution is 5.74. The fourth-order valence-electron chi connectivity index (χ4n) is 1.15. The summed E-state index contributed by atoms with van der Waals surface area (Å²) in [6.45, 7) is -0.0325. The van der Waals surface area contributed by atoms with E-state index >= 15 is 0 Å². The molecule has 6 heteroatoms.